The summed E-state index contributed by atoms with van der Waals surface area (Å²) < 4.78 is 5.34. The zero-order chi connectivity index (χ0) is 12.0. The van der Waals surface area contributed by atoms with Gasteiger partial charge in [-0.2, -0.15) is 0 Å². The SMILES string of the molecule is COC1CCN(CC(CO)NC(C)C)CC1. The molecule has 1 aliphatic heterocycles. The highest BCUT2D eigenvalue weighted by molar-refractivity contribution is 4.78. The first-order chi connectivity index (χ1) is 7.65. The van der Waals surface area contributed by atoms with Gasteiger partial charge in [-0.3, -0.25) is 0 Å². The van der Waals surface area contributed by atoms with Crippen LogP contribution in [0.25, 0.3) is 0 Å². The summed E-state index contributed by atoms with van der Waals surface area (Å²) in [5.74, 6) is 0. The summed E-state index contributed by atoms with van der Waals surface area (Å²) >= 11 is 0. The lowest BCUT2D eigenvalue weighted by atomic mass is 10.1. The molecule has 1 saturated heterocycles. The quantitative estimate of drug-likeness (QED) is 0.696. The predicted molar refractivity (Wildman–Crippen MR) is 65.6 cm³/mol. The van der Waals surface area contributed by atoms with Crippen molar-refractivity contribution in [3.8, 4) is 0 Å². The molecule has 4 heteroatoms. The molecule has 1 atom stereocenters. The molecule has 0 radical (unpaired) electrons. The van der Waals surface area contributed by atoms with Crippen molar-refractivity contribution in [1.29, 1.82) is 0 Å². The van der Waals surface area contributed by atoms with E-state index in [9.17, 15) is 5.11 Å². The van der Waals surface area contributed by atoms with Crippen molar-refractivity contribution in [3.05, 3.63) is 0 Å². The number of nitrogens with zero attached hydrogens (tertiary/aromatic N) is 1. The van der Waals surface area contributed by atoms with Crippen molar-refractivity contribution in [2.45, 2.75) is 44.9 Å². The average Bonchev–Trinajstić information content (AvgIpc) is 2.28. The van der Waals surface area contributed by atoms with E-state index in [0.717, 1.165) is 32.5 Å². The first-order valence-electron chi connectivity index (χ1n) is 6.27. The molecule has 1 rings (SSSR count). The highest BCUT2D eigenvalue weighted by atomic mass is 16.5. The molecular formula is C12H26N2O2. The zero-order valence-corrected chi connectivity index (χ0v) is 10.8. The van der Waals surface area contributed by atoms with Crippen molar-refractivity contribution in [3.63, 3.8) is 0 Å². The van der Waals surface area contributed by atoms with Gasteiger partial charge in [0.05, 0.1) is 12.7 Å². The van der Waals surface area contributed by atoms with E-state index in [0.29, 0.717) is 12.1 Å². The lowest BCUT2D eigenvalue weighted by molar-refractivity contribution is 0.0356. The molecule has 96 valence electrons. The number of aliphatic hydroxyl groups is 1. The van der Waals surface area contributed by atoms with Crippen molar-refractivity contribution in [1.82, 2.24) is 10.2 Å². The third kappa shape index (κ3) is 4.78. The fourth-order valence-electron chi connectivity index (χ4n) is 2.27. The number of methoxy groups -OCH3 is 1. The molecule has 0 aromatic rings. The molecule has 0 aromatic heterocycles. The molecule has 0 bridgehead atoms. The zero-order valence-electron chi connectivity index (χ0n) is 10.8. The molecule has 1 aliphatic rings. The summed E-state index contributed by atoms with van der Waals surface area (Å²) in [5.41, 5.74) is 0. The number of hydrogen-bond donors (Lipinski definition) is 2. The first kappa shape index (κ1) is 13.9. The standard InChI is InChI=1S/C12H26N2O2/c1-10(2)13-11(9-15)8-14-6-4-12(16-3)5-7-14/h10-13,15H,4-9H2,1-3H3. The smallest absolute Gasteiger partial charge is 0.0597 e. The van der Waals surface area contributed by atoms with Crippen LogP contribution in [0.4, 0.5) is 0 Å². The second-order valence-corrected chi connectivity index (χ2v) is 4.94. The van der Waals surface area contributed by atoms with Crippen LogP contribution in [-0.4, -0.2) is 61.5 Å². The monoisotopic (exact) mass is 230 g/mol. The lowest BCUT2D eigenvalue weighted by Gasteiger charge is -2.34. The van der Waals surface area contributed by atoms with Crippen molar-refractivity contribution < 1.29 is 9.84 Å². The number of aliphatic hydroxyl groups excluding tert-OH is 1. The maximum Gasteiger partial charge on any atom is 0.0597 e. The van der Waals surface area contributed by atoms with E-state index in [4.69, 9.17) is 4.74 Å². The van der Waals surface area contributed by atoms with Gasteiger partial charge in [0.15, 0.2) is 0 Å². The average molecular weight is 230 g/mol. The second kappa shape index (κ2) is 7.22. The van der Waals surface area contributed by atoms with Crippen LogP contribution >= 0.6 is 0 Å². The molecule has 4 nitrogen and oxygen atoms in total. The number of rotatable bonds is 6. The van der Waals surface area contributed by atoms with E-state index >= 15 is 0 Å². The van der Waals surface area contributed by atoms with Crippen molar-refractivity contribution >= 4 is 0 Å². The summed E-state index contributed by atoms with van der Waals surface area (Å²) in [6.45, 7) is 7.52. The van der Waals surface area contributed by atoms with Gasteiger partial charge in [-0.05, 0) is 12.8 Å². The molecular weight excluding hydrogens is 204 g/mol. The van der Waals surface area contributed by atoms with E-state index < -0.39 is 0 Å². The number of ether oxygens (including phenoxy) is 1. The number of nitrogens with one attached hydrogen (secondary N) is 1. The van der Waals surface area contributed by atoms with E-state index in [2.05, 4.69) is 24.1 Å². The van der Waals surface area contributed by atoms with Gasteiger partial charge in [0.2, 0.25) is 0 Å². The van der Waals surface area contributed by atoms with Crippen molar-refractivity contribution in [2.24, 2.45) is 0 Å². The Bertz CT molecular complexity index is 180. The number of likely N-dealkylation sites (tertiary alicyclic amines) is 1. The van der Waals surface area contributed by atoms with E-state index in [1.165, 1.54) is 0 Å². The van der Waals surface area contributed by atoms with E-state index in [1.54, 1.807) is 7.11 Å². The molecule has 1 fully saturated rings. The van der Waals surface area contributed by atoms with Gasteiger partial charge in [-0.15, -0.1) is 0 Å². The van der Waals surface area contributed by atoms with Gasteiger partial charge in [-0.25, -0.2) is 0 Å². The maximum absolute atomic E-state index is 9.29. The van der Waals surface area contributed by atoms with Crippen LogP contribution in [0.15, 0.2) is 0 Å². The van der Waals surface area contributed by atoms with Crippen LogP contribution in [0.5, 0.6) is 0 Å². The van der Waals surface area contributed by atoms with Crippen LogP contribution in [0.3, 0.4) is 0 Å². The largest absolute Gasteiger partial charge is 0.395 e. The van der Waals surface area contributed by atoms with Gasteiger partial charge in [0.25, 0.3) is 0 Å². The minimum Gasteiger partial charge on any atom is -0.395 e. The van der Waals surface area contributed by atoms with Crippen LogP contribution in [0, 0.1) is 0 Å². The normalized spacial score (nSPS) is 21.6. The van der Waals surface area contributed by atoms with Gasteiger partial charge in [0.1, 0.15) is 0 Å². The molecule has 1 unspecified atom stereocenters. The first-order valence-corrected chi connectivity index (χ1v) is 6.27. The molecule has 0 aromatic carbocycles. The Balaban J connectivity index is 2.25. The fraction of sp³-hybridized carbons (Fsp3) is 1.00. The van der Waals surface area contributed by atoms with Crippen molar-refractivity contribution in [2.75, 3.05) is 33.4 Å². The minimum absolute atomic E-state index is 0.194. The number of hydrogen-bond acceptors (Lipinski definition) is 4. The number of piperidine rings is 1. The van der Waals surface area contributed by atoms with Gasteiger partial charge >= 0.3 is 0 Å². The Hall–Kier alpha value is -0.160. The Morgan fingerprint density at radius 1 is 1.38 bits per heavy atom. The predicted octanol–water partition coefficient (Wildman–Crippen LogP) is 0.456. The van der Waals surface area contributed by atoms with Crippen LogP contribution in [0.1, 0.15) is 26.7 Å². The Morgan fingerprint density at radius 3 is 2.44 bits per heavy atom. The Morgan fingerprint density at radius 2 is 2.00 bits per heavy atom. The topological polar surface area (TPSA) is 44.7 Å². The highest BCUT2D eigenvalue weighted by Gasteiger charge is 2.21. The highest BCUT2D eigenvalue weighted by Crippen LogP contribution is 2.12. The van der Waals surface area contributed by atoms with Gasteiger partial charge in [0, 0.05) is 38.8 Å². The molecule has 0 aliphatic carbocycles. The van der Waals surface area contributed by atoms with Crippen LogP contribution in [-0.2, 0) is 4.74 Å². The molecule has 16 heavy (non-hydrogen) atoms. The van der Waals surface area contributed by atoms with E-state index in [-0.39, 0.29) is 12.6 Å². The fourth-order valence-corrected chi connectivity index (χ4v) is 2.27. The third-order valence-corrected chi connectivity index (χ3v) is 3.14. The Labute approximate surface area is 99.0 Å². The van der Waals surface area contributed by atoms with E-state index in [1.807, 2.05) is 0 Å². The summed E-state index contributed by atoms with van der Waals surface area (Å²) in [7, 11) is 1.79. The second-order valence-electron chi connectivity index (χ2n) is 4.94. The third-order valence-electron chi connectivity index (χ3n) is 3.14. The Kier molecular flexibility index (Phi) is 6.28. The van der Waals surface area contributed by atoms with Gasteiger partial charge in [-0.1, -0.05) is 13.8 Å². The van der Waals surface area contributed by atoms with Gasteiger partial charge < -0.3 is 20.1 Å². The molecule has 0 spiro atoms. The molecule has 0 saturated carbocycles. The molecule has 0 amide bonds. The molecule has 1 heterocycles. The summed E-state index contributed by atoms with van der Waals surface area (Å²) in [5, 5.41) is 12.7. The maximum atomic E-state index is 9.29. The lowest BCUT2D eigenvalue weighted by Crippen LogP contribution is -2.48. The van der Waals surface area contributed by atoms with Crippen LogP contribution < -0.4 is 5.32 Å². The summed E-state index contributed by atoms with van der Waals surface area (Å²) in [6.07, 6.45) is 2.65. The summed E-state index contributed by atoms with van der Waals surface area (Å²) in [6, 6.07) is 0.618. The molecule has 2 N–H and O–H groups in total. The summed E-state index contributed by atoms with van der Waals surface area (Å²) in [4.78, 5) is 2.41. The minimum atomic E-state index is 0.194. The van der Waals surface area contributed by atoms with Crippen LogP contribution in [0.2, 0.25) is 0 Å².